The number of carbonyl (C=O) groups is 2. The van der Waals surface area contributed by atoms with Crippen LogP contribution >= 0.6 is 0 Å². The second-order valence-corrected chi connectivity index (χ2v) is 9.20. The van der Waals surface area contributed by atoms with Crippen molar-refractivity contribution in [2.24, 2.45) is 7.05 Å². The van der Waals surface area contributed by atoms with Gasteiger partial charge >= 0.3 is 0 Å². The normalized spacial score (nSPS) is 17.7. The largest absolute Gasteiger partial charge is 0.507 e. The first-order chi connectivity index (χ1) is 16.7. The van der Waals surface area contributed by atoms with E-state index in [0.29, 0.717) is 30.9 Å². The lowest BCUT2D eigenvalue weighted by Crippen LogP contribution is -2.31. The van der Waals surface area contributed by atoms with Gasteiger partial charge < -0.3 is 24.0 Å². The topological polar surface area (TPSA) is 81.0 Å². The number of aryl methyl sites for hydroxylation is 2. The Hall–Kier alpha value is -3.58. The first-order valence-corrected chi connectivity index (χ1v) is 11.8. The van der Waals surface area contributed by atoms with E-state index in [1.807, 2.05) is 62.8 Å². The summed E-state index contributed by atoms with van der Waals surface area (Å²) >= 11 is 0. The molecule has 1 N–H and O–H groups in total. The van der Waals surface area contributed by atoms with Gasteiger partial charge in [0.15, 0.2) is 0 Å². The molecule has 1 unspecified atom stereocenters. The minimum absolute atomic E-state index is 0.0110. The SMILES string of the molecule is COCCCN1C(=O)C(=O)/C(=C(/O)c2ccc(OC(C)C)c(C)c2)C1c1cn(C)c2ccccc12. The zero-order valence-corrected chi connectivity index (χ0v) is 20.9. The van der Waals surface area contributed by atoms with E-state index >= 15 is 0 Å². The monoisotopic (exact) mass is 476 g/mol. The Morgan fingerprint density at radius 2 is 1.89 bits per heavy atom. The Morgan fingerprint density at radius 3 is 2.57 bits per heavy atom. The molecule has 1 atom stereocenters. The fraction of sp³-hybridized carbons (Fsp3) is 0.357. The third-order valence-electron chi connectivity index (χ3n) is 6.32. The lowest BCUT2D eigenvalue weighted by Gasteiger charge is -2.25. The number of fused-ring (bicyclic) bond motifs is 1. The van der Waals surface area contributed by atoms with Crippen molar-refractivity contribution in [3.8, 4) is 5.75 Å². The summed E-state index contributed by atoms with van der Waals surface area (Å²) in [4.78, 5) is 28.0. The molecule has 1 aliphatic heterocycles. The molecule has 4 rings (SSSR count). The highest BCUT2D eigenvalue weighted by Crippen LogP contribution is 2.42. The highest BCUT2D eigenvalue weighted by atomic mass is 16.5. The summed E-state index contributed by atoms with van der Waals surface area (Å²) in [5, 5.41) is 12.3. The van der Waals surface area contributed by atoms with Crippen LogP contribution in [0, 0.1) is 6.92 Å². The summed E-state index contributed by atoms with van der Waals surface area (Å²) in [5.41, 5.74) is 3.19. The number of rotatable bonds is 8. The molecule has 7 nitrogen and oxygen atoms in total. The second-order valence-electron chi connectivity index (χ2n) is 9.20. The lowest BCUT2D eigenvalue weighted by molar-refractivity contribution is -0.140. The molecule has 1 amide bonds. The van der Waals surface area contributed by atoms with Crippen LogP contribution in [0.5, 0.6) is 5.75 Å². The van der Waals surface area contributed by atoms with Crippen LogP contribution < -0.4 is 4.74 Å². The average Bonchev–Trinajstić information content (AvgIpc) is 3.28. The minimum atomic E-state index is -0.704. The smallest absolute Gasteiger partial charge is 0.295 e. The number of hydrogen-bond donors (Lipinski definition) is 1. The predicted molar refractivity (Wildman–Crippen MR) is 135 cm³/mol. The van der Waals surface area contributed by atoms with E-state index in [2.05, 4.69) is 0 Å². The summed E-state index contributed by atoms with van der Waals surface area (Å²) in [7, 11) is 3.53. The fourth-order valence-corrected chi connectivity index (χ4v) is 4.74. The molecule has 0 spiro atoms. The first-order valence-electron chi connectivity index (χ1n) is 11.8. The molecular weight excluding hydrogens is 444 g/mol. The van der Waals surface area contributed by atoms with Crippen molar-refractivity contribution < 1.29 is 24.2 Å². The molecule has 3 aromatic rings. The second kappa shape index (κ2) is 9.96. The lowest BCUT2D eigenvalue weighted by atomic mass is 9.94. The van der Waals surface area contributed by atoms with Crippen LogP contribution in [0.1, 0.15) is 43.0 Å². The Labute approximate surface area is 205 Å². The molecule has 1 aliphatic rings. The number of para-hydroxylation sites is 1. The zero-order chi connectivity index (χ0) is 25.3. The highest BCUT2D eigenvalue weighted by molar-refractivity contribution is 6.46. The van der Waals surface area contributed by atoms with Gasteiger partial charge in [-0.3, -0.25) is 9.59 Å². The maximum atomic E-state index is 13.3. The van der Waals surface area contributed by atoms with Gasteiger partial charge in [-0.05, 0) is 57.0 Å². The number of ketones is 1. The minimum Gasteiger partial charge on any atom is -0.507 e. The maximum Gasteiger partial charge on any atom is 0.295 e. The van der Waals surface area contributed by atoms with Crippen LogP contribution in [-0.2, 0) is 21.4 Å². The van der Waals surface area contributed by atoms with Crippen molar-refractivity contribution in [3.63, 3.8) is 0 Å². The summed E-state index contributed by atoms with van der Waals surface area (Å²) in [6.45, 7) is 6.58. The first kappa shape index (κ1) is 24.5. The molecule has 7 heteroatoms. The van der Waals surface area contributed by atoms with E-state index in [-0.39, 0.29) is 17.4 Å². The molecule has 2 heterocycles. The Bertz CT molecular complexity index is 1300. The van der Waals surface area contributed by atoms with E-state index in [4.69, 9.17) is 9.47 Å². The molecule has 2 aromatic carbocycles. The number of likely N-dealkylation sites (tertiary alicyclic amines) is 1. The molecule has 0 radical (unpaired) electrons. The number of aromatic nitrogens is 1. The number of aliphatic hydroxyl groups is 1. The van der Waals surface area contributed by atoms with Crippen LogP contribution in [0.4, 0.5) is 0 Å². The van der Waals surface area contributed by atoms with Gasteiger partial charge in [0.25, 0.3) is 11.7 Å². The van der Waals surface area contributed by atoms with Crippen LogP contribution in [0.3, 0.4) is 0 Å². The number of nitrogens with zero attached hydrogens (tertiary/aromatic N) is 2. The zero-order valence-electron chi connectivity index (χ0n) is 20.9. The number of ether oxygens (including phenoxy) is 2. The number of amides is 1. The number of benzene rings is 2. The number of aliphatic hydroxyl groups excluding tert-OH is 1. The third kappa shape index (κ3) is 4.56. The summed E-state index contributed by atoms with van der Waals surface area (Å²) in [5.74, 6) is -0.771. The molecule has 1 saturated heterocycles. The van der Waals surface area contributed by atoms with Crippen molar-refractivity contribution in [2.45, 2.75) is 39.3 Å². The van der Waals surface area contributed by atoms with Crippen LogP contribution in [0.25, 0.3) is 16.7 Å². The molecular formula is C28H32N2O5. The van der Waals surface area contributed by atoms with Gasteiger partial charge in [-0.15, -0.1) is 0 Å². The van der Waals surface area contributed by atoms with Crippen LogP contribution in [0.15, 0.2) is 54.2 Å². The number of carbonyl (C=O) groups excluding carboxylic acids is 2. The highest BCUT2D eigenvalue weighted by Gasteiger charge is 2.46. The number of Topliss-reactive ketones (excluding diaryl/α,β-unsaturated/α-hetero) is 1. The van der Waals surface area contributed by atoms with E-state index in [9.17, 15) is 14.7 Å². The molecule has 0 saturated carbocycles. The van der Waals surface area contributed by atoms with Crippen molar-refractivity contribution >= 4 is 28.4 Å². The van der Waals surface area contributed by atoms with E-state index in [1.54, 1.807) is 30.2 Å². The summed E-state index contributed by atoms with van der Waals surface area (Å²) in [6, 6.07) is 12.4. The maximum absolute atomic E-state index is 13.3. The Balaban J connectivity index is 1.87. The van der Waals surface area contributed by atoms with E-state index in [1.165, 1.54) is 0 Å². The average molecular weight is 477 g/mol. The Kier molecular flexibility index (Phi) is 6.98. The van der Waals surface area contributed by atoms with Gasteiger partial charge in [0.05, 0.1) is 17.7 Å². The van der Waals surface area contributed by atoms with Gasteiger partial charge in [0, 0.05) is 55.5 Å². The number of methoxy groups -OCH3 is 1. The third-order valence-corrected chi connectivity index (χ3v) is 6.32. The van der Waals surface area contributed by atoms with Crippen molar-refractivity contribution in [1.82, 2.24) is 9.47 Å². The molecule has 0 bridgehead atoms. The van der Waals surface area contributed by atoms with Gasteiger partial charge in [-0.2, -0.15) is 0 Å². The molecule has 184 valence electrons. The van der Waals surface area contributed by atoms with Crippen molar-refractivity contribution in [1.29, 1.82) is 0 Å². The fourth-order valence-electron chi connectivity index (χ4n) is 4.74. The molecule has 1 fully saturated rings. The van der Waals surface area contributed by atoms with Crippen molar-refractivity contribution in [3.05, 3.63) is 70.9 Å². The molecule has 35 heavy (non-hydrogen) atoms. The summed E-state index contributed by atoms with van der Waals surface area (Å²) in [6.07, 6.45) is 2.52. The Morgan fingerprint density at radius 1 is 1.14 bits per heavy atom. The molecule has 1 aromatic heterocycles. The predicted octanol–water partition coefficient (Wildman–Crippen LogP) is 4.73. The summed E-state index contributed by atoms with van der Waals surface area (Å²) < 4.78 is 13.0. The van der Waals surface area contributed by atoms with E-state index < -0.39 is 17.7 Å². The van der Waals surface area contributed by atoms with Gasteiger partial charge in [0.1, 0.15) is 11.5 Å². The van der Waals surface area contributed by atoms with Gasteiger partial charge in [0.2, 0.25) is 0 Å². The van der Waals surface area contributed by atoms with Gasteiger partial charge in [-0.25, -0.2) is 0 Å². The van der Waals surface area contributed by atoms with Crippen LogP contribution in [-0.4, -0.2) is 52.6 Å². The van der Waals surface area contributed by atoms with E-state index in [0.717, 1.165) is 22.0 Å². The number of hydrogen-bond acceptors (Lipinski definition) is 5. The molecule has 0 aliphatic carbocycles. The standard InChI is InChI=1S/C28H32N2O5/c1-17(2)35-23-12-11-19(15-18(23)3)26(31)24-25(30(13-8-14-34-5)28(33)27(24)32)21-16-29(4)22-10-7-6-9-20(21)22/h6-7,9-12,15-17,25,31H,8,13-14H2,1-5H3/b26-24+. The van der Waals surface area contributed by atoms with Crippen molar-refractivity contribution in [2.75, 3.05) is 20.3 Å². The van der Waals surface area contributed by atoms with Crippen LogP contribution in [0.2, 0.25) is 0 Å². The van der Waals surface area contributed by atoms with Gasteiger partial charge in [-0.1, -0.05) is 18.2 Å². The quantitative estimate of drug-likeness (QED) is 0.220.